The van der Waals surface area contributed by atoms with E-state index in [2.05, 4.69) is 15.4 Å². The molecule has 0 saturated carbocycles. The Morgan fingerprint density at radius 3 is 2.50 bits per heavy atom. The van der Waals surface area contributed by atoms with E-state index in [0.29, 0.717) is 18.7 Å². The van der Waals surface area contributed by atoms with Crippen LogP contribution in [0.3, 0.4) is 0 Å². The van der Waals surface area contributed by atoms with E-state index in [0.717, 1.165) is 12.0 Å². The number of hydrogen-bond donors (Lipinski definition) is 3. The first-order valence-corrected chi connectivity index (χ1v) is 8.10. The summed E-state index contributed by atoms with van der Waals surface area (Å²) in [5, 5.41) is 5.26. The van der Waals surface area contributed by atoms with Crippen LogP contribution in [0.1, 0.15) is 18.4 Å². The van der Waals surface area contributed by atoms with Gasteiger partial charge in [0.15, 0.2) is 0 Å². The van der Waals surface area contributed by atoms with Crippen LogP contribution in [0.25, 0.3) is 0 Å². The first kappa shape index (κ1) is 21.9. The van der Waals surface area contributed by atoms with Crippen LogP contribution in [0.15, 0.2) is 24.3 Å². The molecule has 0 unspecified atom stereocenters. The molecule has 1 heterocycles. The third kappa shape index (κ3) is 6.62. The second kappa shape index (κ2) is 10.7. The number of amides is 2. The summed E-state index contributed by atoms with van der Waals surface area (Å²) < 4.78 is 10.00. The van der Waals surface area contributed by atoms with Gasteiger partial charge in [-0.15, -0.1) is 12.4 Å². The van der Waals surface area contributed by atoms with Crippen molar-refractivity contribution in [3.05, 3.63) is 29.8 Å². The number of carbonyl (C=O) groups is 3. The first-order valence-electron chi connectivity index (χ1n) is 8.10. The monoisotopic (exact) mass is 385 g/mol. The van der Waals surface area contributed by atoms with Gasteiger partial charge in [0.1, 0.15) is 12.6 Å². The van der Waals surface area contributed by atoms with Crippen LogP contribution in [0.5, 0.6) is 0 Å². The molecule has 1 aliphatic heterocycles. The fraction of sp³-hybridized carbons (Fsp3) is 0.471. The van der Waals surface area contributed by atoms with Gasteiger partial charge in [-0.25, -0.2) is 0 Å². The van der Waals surface area contributed by atoms with E-state index in [4.69, 9.17) is 10.5 Å². The molecule has 1 aromatic carbocycles. The van der Waals surface area contributed by atoms with Gasteiger partial charge in [0, 0.05) is 12.2 Å². The van der Waals surface area contributed by atoms with Crippen LogP contribution in [0, 0.1) is 0 Å². The van der Waals surface area contributed by atoms with Crippen molar-refractivity contribution in [3.63, 3.8) is 0 Å². The molecular weight excluding hydrogens is 362 g/mol. The van der Waals surface area contributed by atoms with Crippen LogP contribution < -0.4 is 16.4 Å². The normalized spacial score (nSPS) is 18.5. The third-order valence-electron chi connectivity index (χ3n) is 3.91. The standard InChI is InChI=1S/C17H23N3O5.ClH/c1-24-16(22)10-19-15(21)8-11-2-4-12(5-3-11)20-17(23)14-7-6-13(9-18)25-14;/h2-5,13-14H,6-10,18H2,1H3,(H,19,21)(H,20,23);1H/t13-,14+;/m1./s1. The highest BCUT2D eigenvalue weighted by molar-refractivity contribution is 5.94. The molecule has 1 saturated heterocycles. The average molecular weight is 386 g/mol. The number of anilines is 1. The summed E-state index contributed by atoms with van der Waals surface area (Å²) in [6.07, 6.45) is 1.05. The molecule has 1 aliphatic rings. The molecule has 8 nitrogen and oxygen atoms in total. The largest absolute Gasteiger partial charge is 0.468 e. The van der Waals surface area contributed by atoms with E-state index >= 15 is 0 Å². The second-order valence-electron chi connectivity index (χ2n) is 5.78. The SMILES string of the molecule is COC(=O)CNC(=O)Cc1ccc(NC(=O)[C@@H]2CC[C@H](CN)O2)cc1.Cl. The summed E-state index contributed by atoms with van der Waals surface area (Å²) in [5.74, 6) is -0.980. The van der Waals surface area contributed by atoms with Crippen molar-refractivity contribution in [2.75, 3.05) is 25.5 Å². The molecule has 2 amide bonds. The number of ether oxygens (including phenoxy) is 2. The molecule has 1 aromatic rings. The molecule has 9 heteroatoms. The van der Waals surface area contributed by atoms with Crippen LogP contribution >= 0.6 is 12.4 Å². The summed E-state index contributed by atoms with van der Waals surface area (Å²) in [5.41, 5.74) is 6.93. The maximum atomic E-state index is 12.1. The van der Waals surface area contributed by atoms with Gasteiger partial charge in [0.05, 0.1) is 19.6 Å². The number of halogens is 1. The number of carbonyl (C=O) groups excluding carboxylic acids is 3. The molecule has 0 aliphatic carbocycles. The lowest BCUT2D eigenvalue weighted by molar-refractivity contribution is -0.141. The topological polar surface area (TPSA) is 120 Å². The summed E-state index contributed by atoms with van der Waals surface area (Å²) >= 11 is 0. The lowest BCUT2D eigenvalue weighted by Crippen LogP contribution is -2.31. The zero-order valence-corrected chi connectivity index (χ0v) is 15.3. The Hall–Kier alpha value is -2.16. The van der Waals surface area contributed by atoms with Gasteiger partial charge in [-0.05, 0) is 30.5 Å². The van der Waals surface area contributed by atoms with Gasteiger partial charge in [0.2, 0.25) is 5.91 Å². The fourth-order valence-electron chi connectivity index (χ4n) is 2.49. The average Bonchev–Trinajstić information content (AvgIpc) is 3.10. The Bertz CT molecular complexity index is 623. The van der Waals surface area contributed by atoms with Gasteiger partial charge in [-0.3, -0.25) is 14.4 Å². The molecule has 26 heavy (non-hydrogen) atoms. The Morgan fingerprint density at radius 2 is 1.92 bits per heavy atom. The Labute approximate surface area is 158 Å². The van der Waals surface area contributed by atoms with Crippen molar-refractivity contribution >= 4 is 35.9 Å². The Kier molecular flexibility index (Phi) is 9.04. The van der Waals surface area contributed by atoms with Crippen LogP contribution in [0.4, 0.5) is 5.69 Å². The van der Waals surface area contributed by atoms with Crippen molar-refractivity contribution < 1.29 is 23.9 Å². The van der Waals surface area contributed by atoms with E-state index in [1.54, 1.807) is 24.3 Å². The van der Waals surface area contributed by atoms with Gasteiger partial charge in [-0.1, -0.05) is 12.1 Å². The van der Waals surface area contributed by atoms with Gasteiger partial charge in [-0.2, -0.15) is 0 Å². The highest BCUT2D eigenvalue weighted by Gasteiger charge is 2.29. The van der Waals surface area contributed by atoms with E-state index in [1.165, 1.54) is 7.11 Å². The zero-order chi connectivity index (χ0) is 18.2. The highest BCUT2D eigenvalue weighted by atomic mass is 35.5. The molecule has 1 fully saturated rings. The van der Waals surface area contributed by atoms with E-state index in [-0.39, 0.29) is 43.3 Å². The summed E-state index contributed by atoms with van der Waals surface area (Å²) in [4.78, 5) is 34.8. The number of esters is 1. The Balaban J connectivity index is 0.00000338. The van der Waals surface area contributed by atoms with Crippen molar-refractivity contribution in [2.24, 2.45) is 5.73 Å². The van der Waals surface area contributed by atoms with Gasteiger partial charge < -0.3 is 25.8 Å². The van der Waals surface area contributed by atoms with Gasteiger partial charge in [0.25, 0.3) is 5.91 Å². The lowest BCUT2D eigenvalue weighted by Gasteiger charge is -2.13. The fourth-order valence-corrected chi connectivity index (χ4v) is 2.49. The summed E-state index contributed by atoms with van der Waals surface area (Å²) in [6, 6.07) is 6.92. The van der Waals surface area contributed by atoms with E-state index in [1.807, 2.05) is 0 Å². The zero-order valence-electron chi connectivity index (χ0n) is 14.5. The molecule has 2 atom stereocenters. The Morgan fingerprint density at radius 1 is 1.23 bits per heavy atom. The maximum Gasteiger partial charge on any atom is 0.325 e. The number of benzene rings is 1. The van der Waals surface area contributed by atoms with Crippen molar-refractivity contribution in [1.82, 2.24) is 5.32 Å². The minimum absolute atomic E-state index is 0. The molecule has 4 N–H and O–H groups in total. The third-order valence-corrected chi connectivity index (χ3v) is 3.91. The quantitative estimate of drug-likeness (QED) is 0.584. The molecular formula is C17H24ClN3O5. The first-order chi connectivity index (χ1) is 12.0. The molecule has 0 bridgehead atoms. The lowest BCUT2D eigenvalue weighted by atomic mass is 10.1. The molecule has 0 spiro atoms. The predicted octanol–water partition coefficient (Wildman–Crippen LogP) is 0.385. The number of rotatable bonds is 7. The van der Waals surface area contributed by atoms with Crippen molar-refractivity contribution in [3.8, 4) is 0 Å². The smallest absolute Gasteiger partial charge is 0.325 e. The van der Waals surface area contributed by atoms with Crippen molar-refractivity contribution in [1.29, 1.82) is 0 Å². The number of hydrogen-bond acceptors (Lipinski definition) is 6. The number of nitrogens with two attached hydrogens (primary N) is 1. The van der Waals surface area contributed by atoms with Crippen molar-refractivity contribution in [2.45, 2.75) is 31.5 Å². The van der Waals surface area contributed by atoms with Crippen LogP contribution in [-0.4, -0.2) is 50.2 Å². The second-order valence-corrected chi connectivity index (χ2v) is 5.78. The molecule has 144 valence electrons. The van der Waals surface area contributed by atoms with E-state index < -0.39 is 12.1 Å². The van der Waals surface area contributed by atoms with E-state index in [9.17, 15) is 14.4 Å². The minimum Gasteiger partial charge on any atom is -0.468 e. The number of methoxy groups -OCH3 is 1. The van der Waals surface area contributed by atoms with Crippen LogP contribution in [0.2, 0.25) is 0 Å². The predicted molar refractivity (Wildman–Crippen MR) is 98.0 cm³/mol. The maximum absolute atomic E-state index is 12.1. The molecule has 0 aromatic heterocycles. The molecule has 2 rings (SSSR count). The minimum atomic E-state index is -0.502. The van der Waals surface area contributed by atoms with Gasteiger partial charge >= 0.3 is 5.97 Å². The molecule has 0 radical (unpaired) electrons. The summed E-state index contributed by atoms with van der Waals surface area (Å²) in [6.45, 7) is 0.255. The van der Waals surface area contributed by atoms with Crippen LogP contribution in [-0.2, 0) is 30.3 Å². The highest BCUT2D eigenvalue weighted by Crippen LogP contribution is 2.20. The summed E-state index contributed by atoms with van der Waals surface area (Å²) in [7, 11) is 1.26. The number of nitrogens with one attached hydrogen (secondary N) is 2.